The van der Waals surface area contributed by atoms with Gasteiger partial charge in [0, 0.05) is 11.1 Å². The molecule has 0 N–H and O–H groups in total. The molecule has 6 nitrogen and oxygen atoms in total. The Hall–Kier alpha value is -3.02. The quantitative estimate of drug-likeness (QED) is 0.593. The Morgan fingerprint density at radius 1 is 1.00 bits per heavy atom. The Kier molecular flexibility index (Phi) is 4.61. The second-order valence-electron chi connectivity index (χ2n) is 5.52. The smallest absolute Gasteiger partial charge is 0.343 e. The van der Waals surface area contributed by atoms with Crippen LogP contribution in [0.15, 0.2) is 36.4 Å². The fourth-order valence-electron chi connectivity index (χ4n) is 2.89. The van der Waals surface area contributed by atoms with Crippen LogP contribution < -0.4 is 14.2 Å². The fraction of sp³-hybridized carbons (Fsp3) is 0.263. The second kappa shape index (κ2) is 6.84. The van der Waals surface area contributed by atoms with E-state index in [0.717, 1.165) is 0 Å². The van der Waals surface area contributed by atoms with E-state index in [9.17, 15) is 9.59 Å². The van der Waals surface area contributed by atoms with E-state index >= 15 is 0 Å². The van der Waals surface area contributed by atoms with Crippen LogP contribution in [0.4, 0.5) is 0 Å². The fourth-order valence-corrected chi connectivity index (χ4v) is 2.89. The molecule has 0 saturated heterocycles. The van der Waals surface area contributed by atoms with Crippen LogP contribution in [0.5, 0.6) is 17.2 Å². The Morgan fingerprint density at radius 2 is 1.72 bits per heavy atom. The molecule has 130 valence electrons. The van der Waals surface area contributed by atoms with Gasteiger partial charge in [-0.25, -0.2) is 4.79 Å². The minimum atomic E-state index is -0.642. The maximum atomic E-state index is 12.5. The van der Waals surface area contributed by atoms with E-state index in [1.807, 2.05) is 0 Å². The van der Waals surface area contributed by atoms with Crippen LogP contribution in [0.2, 0.25) is 0 Å². The first kappa shape index (κ1) is 16.8. The van der Waals surface area contributed by atoms with Gasteiger partial charge < -0.3 is 18.9 Å². The summed E-state index contributed by atoms with van der Waals surface area (Å²) in [7, 11) is 4.52. The summed E-state index contributed by atoms with van der Waals surface area (Å²) in [5.74, 6) is 0.803. The van der Waals surface area contributed by atoms with Crippen molar-refractivity contribution in [1.82, 2.24) is 0 Å². The van der Waals surface area contributed by atoms with Crippen molar-refractivity contribution in [1.29, 1.82) is 0 Å². The van der Waals surface area contributed by atoms with Crippen LogP contribution in [0, 0.1) is 0 Å². The third kappa shape index (κ3) is 3.03. The van der Waals surface area contributed by atoms with Gasteiger partial charge in [0.05, 0.1) is 27.8 Å². The van der Waals surface area contributed by atoms with Crippen LogP contribution in [-0.4, -0.2) is 33.1 Å². The number of ketones is 1. The molecule has 0 radical (unpaired) electrons. The lowest BCUT2D eigenvalue weighted by molar-refractivity contribution is 0.0365. The van der Waals surface area contributed by atoms with Gasteiger partial charge in [0.2, 0.25) is 0 Å². The number of rotatable bonds is 6. The number of cyclic esters (lactones) is 1. The molecule has 0 bridgehead atoms. The number of carbonyl (C=O) groups is 2. The molecule has 0 spiro atoms. The molecule has 25 heavy (non-hydrogen) atoms. The number of benzene rings is 2. The van der Waals surface area contributed by atoms with Crippen molar-refractivity contribution < 1.29 is 28.5 Å². The number of methoxy groups -OCH3 is 3. The molecule has 1 aliphatic rings. The highest BCUT2D eigenvalue weighted by Crippen LogP contribution is 2.43. The summed E-state index contributed by atoms with van der Waals surface area (Å²) in [6.07, 6.45) is -0.586. The maximum Gasteiger partial charge on any atom is 0.343 e. The zero-order valence-electron chi connectivity index (χ0n) is 14.2. The Morgan fingerprint density at radius 3 is 2.32 bits per heavy atom. The number of Topliss-reactive ketones (excluding diaryl/α,β-unsaturated/α-hetero) is 1. The lowest BCUT2D eigenvalue weighted by Crippen LogP contribution is -2.07. The monoisotopic (exact) mass is 342 g/mol. The minimum absolute atomic E-state index is 0.0561. The van der Waals surface area contributed by atoms with Gasteiger partial charge in [-0.2, -0.15) is 0 Å². The van der Waals surface area contributed by atoms with E-state index in [-0.39, 0.29) is 12.2 Å². The summed E-state index contributed by atoms with van der Waals surface area (Å²) in [6, 6.07) is 10.2. The van der Waals surface area contributed by atoms with Crippen molar-refractivity contribution in [2.45, 2.75) is 12.5 Å². The number of ether oxygens (including phenoxy) is 4. The van der Waals surface area contributed by atoms with Crippen LogP contribution in [-0.2, 0) is 4.74 Å². The van der Waals surface area contributed by atoms with Crippen molar-refractivity contribution in [3.05, 3.63) is 53.1 Å². The summed E-state index contributed by atoms with van der Waals surface area (Å²) >= 11 is 0. The highest BCUT2D eigenvalue weighted by atomic mass is 16.6. The van der Waals surface area contributed by atoms with Gasteiger partial charge in [0.25, 0.3) is 0 Å². The highest BCUT2D eigenvalue weighted by Gasteiger charge is 2.36. The lowest BCUT2D eigenvalue weighted by Gasteiger charge is -2.12. The molecular weight excluding hydrogens is 324 g/mol. The number of esters is 1. The average Bonchev–Trinajstić information content (AvgIpc) is 2.96. The molecule has 2 aromatic carbocycles. The highest BCUT2D eigenvalue weighted by molar-refractivity contribution is 6.00. The molecule has 0 saturated carbocycles. The van der Waals surface area contributed by atoms with Crippen molar-refractivity contribution in [2.75, 3.05) is 21.3 Å². The van der Waals surface area contributed by atoms with Crippen LogP contribution in [0.1, 0.15) is 38.8 Å². The first-order chi connectivity index (χ1) is 12.1. The lowest BCUT2D eigenvalue weighted by atomic mass is 9.97. The van der Waals surface area contributed by atoms with E-state index < -0.39 is 12.1 Å². The van der Waals surface area contributed by atoms with E-state index in [1.54, 1.807) is 43.5 Å². The largest absolute Gasteiger partial charge is 0.497 e. The molecule has 3 rings (SSSR count). The predicted molar refractivity (Wildman–Crippen MR) is 89.6 cm³/mol. The van der Waals surface area contributed by atoms with Gasteiger partial charge in [-0.15, -0.1) is 0 Å². The van der Waals surface area contributed by atoms with Crippen LogP contribution >= 0.6 is 0 Å². The predicted octanol–water partition coefficient (Wildman–Crippen LogP) is 3.20. The van der Waals surface area contributed by atoms with E-state index in [1.165, 1.54) is 14.2 Å². The molecule has 0 amide bonds. The van der Waals surface area contributed by atoms with Gasteiger partial charge in [0.15, 0.2) is 17.3 Å². The van der Waals surface area contributed by atoms with Crippen LogP contribution in [0.3, 0.4) is 0 Å². The summed E-state index contributed by atoms with van der Waals surface area (Å²) in [5.41, 5.74) is 1.48. The first-order valence-electron chi connectivity index (χ1n) is 7.72. The van der Waals surface area contributed by atoms with Crippen molar-refractivity contribution >= 4 is 11.8 Å². The van der Waals surface area contributed by atoms with Crippen molar-refractivity contribution in [3.63, 3.8) is 0 Å². The normalized spacial score (nSPS) is 15.3. The standard InChI is InChI=1S/C19H18O6/c1-22-12-6-4-11(5-7-12)14(20)10-16-13-8-9-15(23-2)18(24-3)17(13)19(21)25-16/h4-9,16H,10H2,1-3H3/t16-/m1/s1. The zero-order chi connectivity index (χ0) is 18.0. The number of hydrogen-bond acceptors (Lipinski definition) is 6. The third-order valence-electron chi connectivity index (χ3n) is 4.16. The van der Waals surface area contributed by atoms with Crippen molar-refractivity contribution in [3.8, 4) is 17.2 Å². The average molecular weight is 342 g/mol. The summed E-state index contributed by atoms with van der Waals surface area (Å²) < 4.78 is 21.0. The van der Waals surface area contributed by atoms with Gasteiger partial charge >= 0.3 is 5.97 Å². The molecule has 1 atom stereocenters. The zero-order valence-corrected chi connectivity index (χ0v) is 14.2. The van der Waals surface area contributed by atoms with E-state index in [0.29, 0.717) is 33.9 Å². The number of carbonyl (C=O) groups excluding carboxylic acids is 2. The van der Waals surface area contributed by atoms with Crippen molar-refractivity contribution in [2.24, 2.45) is 0 Å². The second-order valence-corrected chi connectivity index (χ2v) is 5.52. The molecule has 0 aliphatic carbocycles. The van der Waals surface area contributed by atoms with Gasteiger partial charge in [-0.3, -0.25) is 4.79 Å². The minimum Gasteiger partial charge on any atom is -0.497 e. The topological polar surface area (TPSA) is 71.1 Å². The Labute approximate surface area is 145 Å². The summed E-state index contributed by atoms with van der Waals surface area (Å²) in [5, 5.41) is 0. The molecule has 6 heteroatoms. The van der Waals surface area contributed by atoms with Crippen LogP contribution in [0.25, 0.3) is 0 Å². The molecular formula is C19H18O6. The maximum absolute atomic E-state index is 12.5. The van der Waals surface area contributed by atoms with Gasteiger partial charge in [-0.05, 0) is 30.3 Å². The number of hydrogen-bond donors (Lipinski definition) is 0. The van der Waals surface area contributed by atoms with E-state index in [4.69, 9.17) is 18.9 Å². The summed E-state index contributed by atoms with van der Waals surface area (Å²) in [6.45, 7) is 0. The summed E-state index contributed by atoms with van der Waals surface area (Å²) in [4.78, 5) is 24.7. The third-order valence-corrected chi connectivity index (χ3v) is 4.16. The molecule has 0 fully saturated rings. The SMILES string of the molecule is COc1ccc(C(=O)C[C@H]2OC(=O)c3c2ccc(OC)c3OC)cc1. The Bertz CT molecular complexity index is 809. The molecule has 0 unspecified atom stereocenters. The first-order valence-corrected chi connectivity index (χ1v) is 7.72. The molecule has 1 aliphatic heterocycles. The molecule has 0 aromatic heterocycles. The Balaban J connectivity index is 1.86. The van der Waals surface area contributed by atoms with Gasteiger partial charge in [0.1, 0.15) is 17.4 Å². The molecule has 2 aromatic rings. The molecule has 1 heterocycles. The number of fused-ring (bicyclic) bond motifs is 1. The van der Waals surface area contributed by atoms with E-state index in [2.05, 4.69) is 0 Å². The van der Waals surface area contributed by atoms with Gasteiger partial charge in [-0.1, -0.05) is 6.07 Å².